The van der Waals surface area contributed by atoms with E-state index in [4.69, 9.17) is 4.74 Å². The van der Waals surface area contributed by atoms with Gasteiger partial charge in [0, 0.05) is 31.2 Å². The standard InChI is InChI=1S/C18H24N4O3/c1-13-11-14(2)22(12-15-5-3-10-25-15)18(24)16(13)17(23)19-7-9-21-8-4-6-20-21/h4,6,8,11,15H,3,5,7,9-10,12H2,1-2H3,(H,19,23). The molecule has 1 N–H and O–H groups in total. The third-order valence-electron chi connectivity index (χ3n) is 4.53. The van der Waals surface area contributed by atoms with Crippen LogP contribution in [0.5, 0.6) is 0 Å². The van der Waals surface area contributed by atoms with Crippen molar-refractivity contribution in [1.29, 1.82) is 0 Å². The first kappa shape index (κ1) is 17.4. The van der Waals surface area contributed by atoms with Crippen LogP contribution in [0.2, 0.25) is 0 Å². The highest BCUT2D eigenvalue weighted by Crippen LogP contribution is 2.15. The summed E-state index contributed by atoms with van der Waals surface area (Å²) in [5.41, 5.74) is 1.52. The number of rotatable bonds is 6. The summed E-state index contributed by atoms with van der Waals surface area (Å²) in [5.74, 6) is -0.337. The summed E-state index contributed by atoms with van der Waals surface area (Å²) >= 11 is 0. The predicted molar refractivity (Wildman–Crippen MR) is 93.7 cm³/mol. The van der Waals surface area contributed by atoms with Crippen molar-refractivity contribution in [3.63, 3.8) is 0 Å². The minimum atomic E-state index is -0.337. The fourth-order valence-electron chi connectivity index (χ4n) is 3.23. The Balaban J connectivity index is 1.74. The van der Waals surface area contributed by atoms with Gasteiger partial charge in [0.2, 0.25) is 0 Å². The third kappa shape index (κ3) is 3.99. The Morgan fingerprint density at radius 1 is 1.44 bits per heavy atom. The van der Waals surface area contributed by atoms with Gasteiger partial charge in [0.25, 0.3) is 11.5 Å². The van der Waals surface area contributed by atoms with Crippen molar-refractivity contribution in [3.05, 3.63) is 51.7 Å². The van der Waals surface area contributed by atoms with E-state index in [9.17, 15) is 9.59 Å². The maximum atomic E-state index is 12.9. The van der Waals surface area contributed by atoms with Crippen LogP contribution in [0.1, 0.15) is 34.5 Å². The fourth-order valence-corrected chi connectivity index (χ4v) is 3.23. The summed E-state index contributed by atoms with van der Waals surface area (Å²) in [6, 6.07) is 3.72. The van der Waals surface area contributed by atoms with Gasteiger partial charge in [0.05, 0.1) is 19.2 Å². The van der Waals surface area contributed by atoms with Crippen LogP contribution in [-0.2, 0) is 17.8 Å². The summed E-state index contributed by atoms with van der Waals surface area (Å²) < 4.78 is 9.03. The lowest BCUT2D eigenvalue weighted by Crippen LogP contribution is -2.37. The highest BCUT2D eigenvalue weighted by atomic mass is 16.5. The first-order chi connectivity index (χ1) is 12.1. The lowest BCUT2D eigenvalue weighted by Gasteiger charge is -2.17. The Hall–Kier alpha value is -2.41. The Morgan fingerprint density at radius 2 is 2.28 bits per heavy atom. The molecule has 3 rings (SSSR count). The number of carbonyl (C=O) groups is 1. The number of aryl methyl sites for hydroxylation is 2. The number of carbonyl (C=O) groups excluding carboxylic acids is 1. The molecular weight excluding hydrogens is 320 g/mol. The van der Waals surface area contributed by atoms with E-state index >= 15 is 0 Å². The number of nitrogens with zero attached hydrogens (tertiary/aromatic N) is 3. The molecule has 2 aromatic rings. The van der Waals surface area contributed by atoms with Gasteiger partial charge in [-0.3, -0.25) is 14.3 Å². The van der Waals surface area contributed by atoms with Gasteiger partial charge in [-0.1, -0.05) is 0 Å². The average molecular weight is 344 g/mol. The minimum absolute atomic E-state index is 0.0508. The molecule has 1 saturated heterocycles. The monoisotopic (exact) mass is 344 g/mol. The summed E-state index contributed by atoms with van der Waals surface area (Å²) in [4.78, 5) is 25.4. The molecule has 0 bridgehead atoms. The van der Waals surface area contributed by atoms with Crippen molar-refractivity contribution in [2.24, 2.45) is 0 Å². The van der Waals surface area contributed by atoms with Crippen molar-refractivity contribution >= 4 is 5.91 Å². The van der Waals surface area contributed by atoms with E-state index in [1.807, 2.05) is 25.3 Å². The van der Waals surface area contributed by atoms with Gasteiger partial charge in [-0.25, -0.2) is 0 Å². The molecule has 0 saturated carbocycles. The van der Waals surface area contributed by atoms with E-state index in [1.54, 1.807) is 22.4 Å². The van der Waals surface area contributed by atoms with E-state index in [1.165, 1.54) is 0 Å². The van der Waals surface area contributed by atoms with Gasteiger partial charge >= 0.3 is 0 Å². The van der Waals surface area contributed by atoms with Gasteiger partial charge in [0.1, 0.15) is 5.56 Å². The largest absolute Gasteiger partial charge is 0.376 e. The van der Waals surface area contributed by atoms with Gasteiger partial charge in [-0.2, -0.15) is 5.10 Å². The topological polar surface area (TPSA) is 78.1 Å². The van der Waals surface area contributed by atoms with E-state index in [2.05, 4.69) is 10.4 Å². The van der Waals surface area contributed by atoms with E-state index < -0.39 is 0 Å². The van der Waals surface area contributed by atoms with Crippen LogP contribution in [0.25, 0.3) is 0 Å². The molecule has 134 valence electrons. The second kappa shape index (κ2) is 7.65. The molecule has 0 radical (unpaired) electrons. The normalized spacial score (nSPS) is 17.0. The molecule has 1 atom stereocenters. The van der Waals surface area contributed by atoms with Gasteiger partial charge in [0.15, 0.2) is 0 Å². The van der Waals surface area contributed by atoms with Gasteiger partial charge in [-0.05, 0) is 44.4 Å². The number of nitrogens with one attached hydrogen (secondary N) is 1. The SMILES string of the molecule is Cc1cc(C)n(CC2CCCO2)c(=O)c1C(=O)NCCn1cccn1. The quantitative estimate of drug-likeness (QED) is 0.856. The molecule has 0 aromatic carbocycles. The van der Waals surface area contributed by atoms with Crippen LogP contribution in [0.15, 0.2) is 29.3 Å². The third-order valence-corrected chi connectivity index (χ3v) is 4.53. The molecule has 1 amide bonds. The molecule has 7 heteroatoms. The fraction of sp³-hybridized carbons (Fsp3) is 0.500. The molecule has 7 nitrogen and oxygen atoms in total. The number of hydrogen-bond donors (Lipinski definition) is 1. The zero-order valence-corrected chi connectivity index (χ0v) is 14.7. The van der Waals surface area contributed by atoms with E-state index in [-0.39, 0.29) is 23.1 Å². The number of hydrogen-bond acceptors (Lipinski definition) is 4. The Labute approximate surface area is 146 Å². The molecule has 0 aliphatic carbocycles. The highest BCUT2D eigenvalue weighted by molar-refractivity contribution is 5.95. The number of ether oxygens (including phenoxy) is 1. The average Bonchev–Trinajstić information content (AvgIpc) is 3.25. The summed E-state index contributed by atoms with van der Waals surface area (Å²) in [6.45, 7) is 5.91. The summed E-state index contributed by atoms with van der Waals surface area (Å²) in [6.07, 6.45) is 5.54. The van der Waals surface area contributed by atoms with Gasteiger partial charge in [-0.15, -0.1) is 0 Å². The van der Waals surface area contributed by atoms with E-state index in [0.717, 1.165) is 25.1 Å². The maximum Gasteiger partial charge on any atom is 0.263 e. The Bertz CT molecular complexity index is 789. The zero-order valence-electron chi connectivity index (χ0n) is 14.7. The molecule has 1 unspecified atom stereocenters. The Kier molecular flexibility index (Phi) is 5.33. The number of pyridine rings is 1. The summed E-state index contributed by atoms with van der Waals surface area (Å²) in [5, 5.41) is 6.90. The molecule has 2 aromatic heterocycles. The Morgan fingerprint density at radius 3 is 2.96 bits per heavy atom. The molecular formula is C18H24N4O3. The summed E-state index contributed by atoms with van der Waals surface area (Å²) in [7, 11) is 0. The number of aromatic nitrogens is 3. The van der Waals surface area contributed by atoms with Crippen LogP contribution in [0, 0.1) is 13.8 Å². The van der Waals surface area contributed by atoms with Crippen molar-refractivity contribution in [2.45, 2.75) is 45.9 Å². The zero-order chi connectivity index (χ0) is 17.8. The lowest BCUT2D eigenvalue weighted by atomic mass is 10.1. The van der Waals surface area contributed by atoms with Crippen molar-refractivity contribution in [3.8, 4) is 0 Å². The molecule has 1 aliphatic rings. The van der Waals surface area contributed by atoms with Crippen LogP contribution >= 0.6 is 0 Å². The van der Waals surface area contributed by atoms with Crippen LogP contribution in [-0.4, -0.2) is 39.5 Å². The van der Waals surface area contributed by atoms with Crippen LogP contribution < -0.4 is 10.9 Å². The minimum Gasteiger partial charge on any atom is -0.376 e. The first-order valence-corrected chi connectivity index (χ1v) is 8.64. The van der Waals surface area contributed by atoms with Crippen molar-refractivity contribution in [1.82, 2.24) is 19.7 Å². The molecule has 1 fully saturated rings. The second-order valence-electron chi connectivity index (χ2n) is 6.42. The smallest absolute Gasteiger partial charge is 0.263 e. The first-order valence-electron chi connectivity index (χ1n) is 8.64. The molecule has 1 aliphatic heterocycles. The van der Waals surface area contributed by atoms with Crippen molar-refractivity contribution < 1.29 is 9.53 Å². The lowest BCUT2D eigenvalue weighted by molar-refractivity contribution is 0.0926. The number of amides is 1. The maximum absolute atomic E-state index is 12.9. The highest BCUT2D eigenvalue weighted by Gasteiger charge is 2.21. The second-order valence-corrected chi connectivity index (χ2v) is 6.42. The van der Waals surface area contributed by atoms with Crippen molar-refractivity contribution in [2.75, 3.05) is 13.2 Å². The van der Waals surface area contributed by atoms with Crippen LogP contribution in [0.3, 0.4) is 0 Å². The van der Waals surface area contributed by atoms with E-state index in [0.29, 0.717) is 25.2 Å². The molecule has 0 spiro atoms. The molecule has 25 heavy (non-hydrogen) atoms. The van der Waals surface area contributed by atoms with Crippen LogP contribution in [0.4, 0.5) is 0 Å². The predicted octanol–water partition coefficient (Wildman–Crippen LogP) is 1.27. The molecule has 3 heterocycles. The van der Waals surface area contributed by atoms with Gasteiger partial charge < -0.3 is 14.6 Å².